The molecule has 9 heteroatoms. The number of thioether (sulfide) groups is 1. The zero-order valence-electron chi connectivity index (χ0n) is 18.4. The molecule has 32 heavy (non-hydrogen) atoms. The lowest BCUT2D eigenvalue weighted by atomic mass is 10.1. The molecule has 0 fully saturated rings. The average molecular weight is 449 g/mol. The van der Waals surface area contributed by atoms with Gasteiger partial charge in [-0.2, -0.15) is 4.98 Å². The minimum Gasteiger partial charge on any atom is -0.330 e. The van der Waals surface area contributed by atoms with Crippen LogP contribution in [0.25, 0.3) is 23.1 Å². The summed E-state index contributed by atoms with van der Waals surface area (Å²) in [5, 5.41) is 16.0. The molecule has 0 saturated carbocycles. The summed E-state index contributed by atoms with van der Waals surface area (Å²) < 4.78 is 7.15. The normalized spacial score (nSPS) is 11.0. The van der Waals surface area contributed by atoms with Crippen molar-refractivity contribution in [3.8, 4) is 23.1 Å². The van der Waals surface area contributed by atoms with Crippen LogP contribution >= 0.6 is 11.8 Å². The molecule has 164 valence electrons. The summed E-state index contributed by atoms with van der Waals surface area (Å²) >= 11 is 1.30. The fourth-order valence-corrected chi connectivity index (χ4v) is 3.98. The van der Waals surface area contributed by atoms with Crippen LogP contribution in [0.2, 0.25) is 0 Å². The van der Waals surface area contributed by atoms with Crippen molar-refractivity contribution < 1.29 is 9.32 Å². The number of nitrogens with one attached hydrogen (secondary N) is 1. The minimum absolute atomic E-state index is 0.0944. The van der Waals surface area contributed by atoms with Gasteiger partial charge in [-0.15, -0.1) is 10.2 Å². The first-order chi connectivity index (χ1) is 15.5. The molecule has 2 aromatic carbocycles. The van der Waals surface area contributed by atoms with Gasteiger partial charge in [0, 0.05) is 18.3 Å². The fourth-order valence-electron chi connectivity index (χ4n) is 3.27. The summed E-state index contributed by atoms with van der Waals surface area (Å²) in [6.07, 6.45) is 0.853. The van der Waals surface area contributed by atoms with Crippen LogP contribution in [0.1, 0.15) is 23.6 Å². The first-order valence-electron chi connectivity index (χ1n) is 10.3. The SMILES string of the molecule is CCc1cccc(C)c1NC(=O)CSc1nnc(-c2nc(-c3ccc(C)cc3)no2)n1C. The van der Waals surface area contributed by atoms with Crippen LogP contribution in [0.3, 0.4) is 0 Å². The Balaban J connectivity index is 1.44. The second-order valence-corrected chi connectivity index (χ2v) is 8.40. The summed E-state index contributed by atoms with van der Waals surface area (Å²) in [6, 6.07) is 13.9. The van der Waals surface area contributed by atoms with Crippen LogP contribution in [0.5, 0.6) is 0 Å². The molecule has 4 rings (SSSR count). The molecular weight excluding hydrogens is 424 g/mol. The van der Waals surface area contributed by atoms with Crippen molar-refractivity contribution in [2.24, 2.45) is 7.05 Å². The van der Waals surface area contributed by atoms with E-state index in [1.54, 1.807) is 4.57 Å². The topological polar surface area (TPSA) is 98.7 Å². The highest BCUT2D eigenvalue weighted by molar-refractivity contribution is 7.99. The maximum atomic E-state index is 12.5. The number of nitrogens with zero attached hydrogens (tertiary/aromatic N) is 5. The Kier molecular flexibility index (Phi) is 6.36. The second kappa shape index (κ2) is 9.35. The van der Waals surface area contributed by atoms with E-state index in [-0.39, 0.29) is 17.6 Å². The number of anilines is 1. The molecule has 0 aliphatic rings. The van der Waals surface area contributed by atoms with Crippen molar-refractivity contribution in [2.75, 3.05) is 11.1 Å². The molecule has 0 unspecified atom stereocenters. The van der Waals surface area contributed by atoms with E-state index < -0.39 is 0 Å². The van der Waals surface area contributed by atoms with Gasteiger partial charge in [-0.05, 0) is 31.4 Å². The van der Waals surface area contributed by atoms with E-state index in [4.69, 9.17) is 4.52 Å². The van der Waals surface area contributed by atoms with Crippen molar-refractivity contribution in [1.29, 1.82) is 0 Å². The number of aryl methyl sites for hydroxylation is 3. The third-order valence-corrected chi connectivity index (χ3v) is 6.12. The van der Waals surface area contributed by atoms with Crippen LogP contribution in [-0.4, -0.2) is 36.6 Å². The Morgan fingerprint density at radius 1 is 1.12 bits per heavy atom. The molecule has 4 aromatic rings. The molecule has 8 nitrogen and oxygen atoms in total. The van der Waals surface area contributed by atoms with Crippen LogP contribution in [0.4, 0.5) is 5.69 Å². The van der Waals surface area contributed by atoms with Crippen LogP contribution < -0.4 is 5.32 Å². The lowest BCUT2D eigenvalue weighted by Gasteiger charge is -2.12. The largest absolute Gasteiger partial charge is 0.330 e. The van der Waals surface area contributed by atoms with Gasteiger partial charge < -0.3 is 14.4 Å². The Labute approximate surface area is 190 Å². The zero-order valence-corrected chi connectivity index (χ0v) is 19.2. The Morgan fingerprint density at radius 2 is 1.91 bits per heavy atom. The van der Waals surface area contributed by atoms with Crippen LogP contribution in [0.15, 0.2) is 52.1 Å². The summed E-state index contributed by atoms with van der Waals surface area (Å²) in [7, 11) is 1.81. The first-order valence-corrected chi connectivity index (χ1v) is 11.3. The van der Waals surface area contributed by atoms with E-state index in [1.165, 1.54) is 11.8 Å². The molecule has 1 N–H and O–H groups in total. The van der Waals surface area contributed by atoms with E-state index in [0.717, 1.165) is 34.4 Å². The van der Waals surface area contributed by atoms with Gasteiger partial charge in [0.15, 0.2) is 5.16 Å². The van der Waals surface area contributed by atoms with Crippen molar-refractivity contribution in [1.82, 2.24) is 24.9 Å². The molecule has 0 aliphatic heterocycles. The lowest BCUT2D eigenvalue weighted by molar-refractivity contribution is -0.113. The highest BCUT2D eigenvalue weighted by Crippen LogP contribution is 2.25. The van der Waals surface area contributed by atoms with Crippen molar-refractivity contribution in [3.05, 3.63) is 59.2 Å². The number of carbonyl (C=O) groups excluding carboxylic acids is 1. The Morgan fingerprint density at radius 3 is 2.66 bits per heavy atom. The third kappa shape index (κ3) is 4.57. The van der Waals surface area contributed by atoms with E-state index in [1.807, 2.05) is 63.4 Å². The quantitative estimate of drug-likeness (QED) is 0.417. The zero-order chi connectivity index (χ0) is 22.7. The van der Waals surface area contributed by atoms with Crippen molar-refractivity contribution in [3.63, 3.8) is 0 Å². The fraction of sp³-hybridized carbons (Fsp3) is 0.261. The van der Waals surface area contributed by atoms with Gasteiger partial charge in [-0.1, -0.05) is 71.9 Å². The van der Waals surface area contributed by atoms with Crippen LogP contribution in [0, 0.1) is 13.8 Å². The predicted molar refractivity (Wildman–Crippen MR) is 124 cm³/mol. The highest BCUT2D eigenvalue weighted by Gasteiger charge is 2.19. The number of benzene rings is 2. The molecule has 2 heterocycles. The smallest absolute Gasteiger partial charge is 0.296 e. The van der Waals surface area contributed by atoms with E-state index >= 15 is 0 Å². The van der Waals surface area contributed by atoms with Gasteiger partial charge in [0.25, 0.3) is 5.89 Å². The molecule has 0 radical (unpaired) electrons. The second-order valence-electron chi connectivity index (χ2n) is 7.45. The van der Waals surface area contributed by atoms with Gasteiger partial charge >= 0.3 is 0 Å². The Hall–Kier alpha value is -3.46. The standard InChI is InChI=1S/C23H24N6O2S/c1-5-16-8-6-7-15(3)19(16)24-18(30)13-32-23-27-26-21(29(23)4)22-25-20(28-31-22)17-11-9-14(2)10-12-17/h6-12H,5,13H2,1-4H3,(H,24,30). The summed E-state index contributed by atoms with van der Waals surface area (Å²) in [5.41, 5.74) is 5.06. The summed E-state index contributed by atoms with van der Waals surface area (Å²) in [5.74, 6) is 1.33. The van der Waals surface area contributed by atoms with E-state index in [9.17, 15) is 4.79 Å². The molecular formula is C23H24N6O2S. The van der Waals surface area contributed by atoms with E-state index in [0.29, 0.717) is 16.8 Å². The number of rotatable bonds is 7. The number of hydrogen-bond donors (Lipinski definition) is 1. The predicted octanol–water partition coefficient (Wildman–Crippen LogP) is 4.44. The highest BCUT2D eigenvalue weighted by atomic mass is 32.2. The van der Waals surface area contributed by atoms with Crippen molar-refractivity contribution >= 4 is 23.4 Å². The molecule has 0 spiro atoms. The number of aromatic nitrogens is 5. The molecule has 0 bridgehead atoms. The van der Waals surface area contributed by atoms with Gasteiger partial charge in [0.2, 0.25) is 17.6 Å². The average Bonchev–Trinajstić information content (AvgIpc) is 3.41. The minimum atomic E-state index is -0.0944. The van der Waals surface area contributed by atoms with Crippen molar-refractivity contribution in [2.45, 2.75) is 32.3 Å². The summed E-state index contributed by atoms with van der Waals surface area (Å²) in [4.78, 5) is 17.0. The molecule has 1 amide bonds. The van der Waals surface area contributed by atoms with Gasteiger partial charge in [-0.3, -0.25) is 4.79 Å². The maximum Gasteiger partial charge on any atom is 0.296 e. The maximum absolute atomic E-state index is 12.5. The van der Waals surface area contributed by atoms with E-state index in [2.05, 4.69) is 32.6 Å². The van der Waals surface area contributed by atoms with Gasteiger partial charge in [-0.25, -0.2) is 0 Å². The molecule has 0 atom stereocenters. The molecule has 2 aromatic heterocycles. The molecule has 0 saturated heterocycles. The number of carbonyl (C=O) groups is 1. The van der Waals surface area contributed by atoms with Gasteiger partial charge in [0.05, 0.1) is 5.75 Å². The lowest BCUT2D eigenvalue weighted by Crippen LogP contribution is -2.16. The monoisotopic (exact) mass is 448 g/mol. The number of hydrogen-bond acceptors (Lipinski definition) is 7. The van der Waals surface area contributed by atoms with Crippen LogP contribution in [-0.2, 0) is 18.3 Å². The Bertz CT molecular complexity index is 1250. The first kappa shape index (κ1) is 21.8. The third-order valence-electron chi connectivity index (χ3n) is 5.10. The number of para-hydroxylation sites is 1. The molecule has 0 aliphatic carbocycles. The number of amides is 1. The van der Waals surface area contributed by atoms with Gasteiger partial charge in [0.1, 0.15) is 0 Å². The summed E-state index contributed by atoms with van der Waals surface area (Å²) in [6.45, 7) is 6.09.